The second-order valence-corrected chi connectivity index (χ2v) is 5.98. The van der Waals surface area contributed by atoms with Gasteiger partial charge in [0.05, 0.1) is 0 Å². The van der Waals surface area contributed by atoms with Gasteiger partial charge in [-0.3, -0.25) is 4.79 Å². The van der Waals surface area contributed by atoms with Crippen LogP contribution in [0.2, 0.25) is 5.02 Å². The lowest BCUT2D eigenvalue weighted by Crippen LogP contribution is -2.42. The molecule has 2 N–H and O–H groups in total. The van der Waals surface area contributed by atoms with Gasteiger partial charge in [0.15, 0.2) is 0 Å². The van der Waals surface area contributed by atoms with Crippen molar-refractivity contribution in [1.82, 2.24) is 0 Å². The van der Waals surface area contributed by atoms with Gasteiger partial charge in [-0.2, -0.15) is 0 Å². The molecule has 0 aliphatic heterocycles. The Bertz CT molecular complexity index is 457. The number of hydrogen-bond donors (Lipinski definition) is 1. The van der Waals surface area contributed by atoms with Crippen LogP contribution >= 0.6 is 11.6 Å². The predicted molar refractivity (Wildman–Crippen MR) is 89.1 cm³/mol. The quantitative estimate of drug-likeness (QED) is 0.738. The van der Waals surface area contributed by atoms with Crippen molar-refractivity contribution in [1.29, 1.82) is 0 Å². The highest BCUT2D eigenvalue weighted by Gasteiger charge is 2.30. The molecule has 0 spiro atoms. The molecule has 0 unspecified atom stereocenters. The first-order valence-corrected chi connectivity index (χ1v) is 8.15. The van der Waals surface area contributed by atoms with Crippen LogP contribution in [0.25, 0.3) is 0 Å². The van der Waals surface area contributed by atoms with Gasteiger partial charge in [-0.25, -0.2) is 0 Å². The zero-order chi connectivity index (χ0) is 16.7. The van der Waals surface area contributed by atoms with Crippen LogP contribution < -0.4 is 10.5 Å². The summed E-state index contributed by atoms with van der Waals surface area (Å²) in [7, 11) is 0. The van der Waals surface area contributed by atoms with Gasteiger partial charge in [0.2, 0.25) is 0 Å². The normalized spacial score (nSPS) is 15.2. The van der Waals surface area contributed by atoms with Gasteiger partial charge >= 0.3 is 5.97 Å². The minimum atomic E-state index is -0.639. The molecule has 22 heavy (non-hydrogen) atoms. The maximum atomic E-state index is 11.7. The number of esters is 1. The molecule has 4 nitrogen and oxygen atoms in total. The second-order valence-electron chi connectivity index (χ2n) is 5.54. The molecular weight excluding hydrogens is 302 g/mol. The highest BCUT2D eigenvalue weighted by Crippen LogP contribution is 2.25. The van der Waals surface area contributed by atoms with Crippen molar-refractivity contribution in [3.05, 3.63) is 29.3 Å². The van der Waals surface area contributed by atoms with Crippen molar-refractivity contribution in [2.24, 2.45) is 11.7 Å². The highest BCUT2D eigenvalue weighted by molar-refractivity contribution is 6.30. The van der Waals surface area contributed by atoms with Crippen LogP contribution in [-0.4, -0.2) is 24.2 Å². The summed E-state index contributed by atoms with van der Waals surface area (Å²) in [5.41, 5.74) is 5.56. The summed E-state index contributed by atoms with van der Waals surface area (Å²) in [4.78, 5) is 11.7. The molecule has 124 valence electrons. The first kappa shape index (κ1) is 18.8. The van der Waals surface area contributed by atoms with Gasteiger partial charge in [0.25, 0.3) is 0 Å². The third kappa shape index (κ3) is 5.50. The van der Waals surface area contributed by atoms with E-state index in [1.54, 1.807) is 19.1 Å². The van der Waals surface area contributed by atoms with Gasteiger partial charge < -0.3 is 15.2 Å². The van der Waals surface area contributed by atoms with E-state index in [2.05, 4.69) is 13.8 Å². The van der Waals surface area contributed by atoms with E-state index in [4.69, 9.17) is 26.8 Å². The van der Waals surface area contributed by atoms with E-state index in [-0.39, 0.29) is 18.1 Å². The SMILES string of the molecule is CCC(CC)[C@H](Oc1ccc(Cl)cc1)[C@H](C)OC(=O)[C@H](C)N. The van der Waals surface area contributed by atoms with E-state index >= 15 is 0 Å². The maximum absolute atomic E-state index is 11.7. The summed E-state index contributed by atoms with van der Waals surface area (Å²) >= 11 is 5.89. The Morgan fingerprint density at radius 3 is 2.18 bits per heavy atom. The molecule has 0 saturated carbocycles. The lowest BCUT2D eigenvalue weighted by molar-refractivity contribution is -0.155. The smallest absolute Gasteiger partial charge is 0.323 e. The number of rotatable bonds is 8. The fourth-order valence-electron chi connectivity index (χ4n) is 2.36. The van der Waals surface area contributed by atoms with Crippen molar-refractivity contribution < 1.29 is 14.3 Å². The molecule has 0 fully saturated rings. The van der Waals surface area contributed by atoms with Crippen LogP contribution in [-0.2, 0) is 9.53 Å². The second kappa shape index (κ2) is 9.01. The third-order valence-corrected chi connectivity index (χ3v) is 3.99. The molecule has 0 radical (unpaired) electrons. The molecular formula is C17H26ClNO3. The topological polar surface area (TPSA) is 61.5 Å². The predicted octanol–water partition coefficient (Wildman–Crippen LogP) is 3.80. The standard InChI is InChI=1S/C17H26ClNO3/c1-5-13(6-2)16(12(4)21-17(20)11(3)19)22-15-9-7-14(18)8-10-15/h7-13,16H,5-6,19H2,1-4H3/t11-,12-,16+/m0/s1. The molecule has 3 atom stereocenters. The van der Waals surface area contributed by atoms with Crippen LogP contribution in [0, 0.1) is 5.92 Å². The lowest BCUT2D eigenvalue weighted by Gasteiger charge is -2.31. The number of ether oxygens (including phenoxy) is 2. The number of carbonyl (C=O) groups is 1. The Balaban J connectivity index is 2.87. The Kier molecular flexibility index (Phi) is 7.69. The van der Waals surface area contributed by atoms with Crippen LogP contribution in [0.15, 0.2) is 24.3 Å². The summed E-state index contributed by atoms with van der Waals surface area (Å²) in [6.07, 6.45) is 1.28. The molecule has 5 heteroatoms. The number of carbonyl (C=O) groups excluding carboxylic acids is 1. The fourth-order valence-corrected chi connectivity index (χ4v) is 2.48. The van der Waals surface area contributed by atoms with Gasteiger partial charge in [-0.1, -0.05) is 25.4 Å². The molecule has 1 aromatic rings. The lowest BCUT2D eigenvalue weighted by atomic mass is 9.93. The van der Waals surface area contributed by atoms with Crippen molar-refractivity contribution in [2.45, 2.75) is 58.8 Å². The van der Waals surface area contributed by atoms with E-state index in [9.17, 15) is 4.79 Å². The Labute approximate surface area is 137 Å². The van der Waals surface area contributed by atoms with Gasteiger partial charge in [-0.05, 0) is 56.9 Å². The molecule has 0 aliphatic carbocycles. The van der Waals surface area contributed by atoms with E-state index in [1.807, 2.05) is 19.1 Å². The number of halogens is 1. The molecule has 0 heterocycles. The van der Waals surface area contributed by atoms with Crippen LogP contribution in [0.3, 0.4) is 0 Å². The first-order valence-electron chi connectivity index (χ1n) is 7.77. The summed E-state index contributed by atoms with van der Waals surface area (Å²) in [6, 6.07) is 6.55. The van der Waals surface area contributed by atoms with Crippen LogP contribution in [0.1, 0.15) is 40.5 Å². The van der Waals surface area contributed by atoms with Crippen LogP contribution in [0.5, 0.6) is 5.75 Å². The molecule has 0 aliphatic rings. The van der Waals surface area contributed by atoms with E-state index in [1.165, 1.54) is 0 Å². The maximum Gasteiger partial charge on any atom is 0.323 e. The molecule has 1 rings (SSSR count). The summed E-state index contributed by atoms with van der Waals surface area (Å²) in [5, 5.41) is 0.655. The Morgan fingerprint density at radius 1 is 1.18 bits per heavy atom. The molecule has 0 saturated heterocycles. The van der Waals surface area contributed by atoms with Crippen molar-refractivity contribution in [3.63, 3.8) is 0 Å². The average Bonchev–Trinajstić information content (AvgIpc) is 2.49. The molecule has 0 bridgehead atoms. The Hall–Kier alpha value is -1.26. The first-order chi connectivity index (χ1) is 10.4. The van der Waals surface area contributed by atoms with Crippen molar-refractivity contribution in [3.8, 4) is 5.75 Å². The third-order valence-electron chi connectivity index (χ3n) is 3.74. The summed E-state index contributed by atoms with van der Waals surface area (Å²) < 4.78 is 11.5. The zero-order valence-electron chi connectivity index (χ0n) is 13.7. The van der Waals surface area contributed by atoms with Gasteiger partial charge in [-0.15, -0.1) is 0 Å². The van der Waals surface area contributed by atoms with Crippen molar-refractivity contribution >= 4 is 17.6 Å². The van der Waals surface area contributed by atoms with E-state index in [0.29, 0.717) is 10.8 Å². The molecule has 0 aromatic heterocycles. The molecule has 1 aromatic carbocycles. The summed E-state index contributed by atoms with van der Waals surface area (Å²) in [6.45, 7) is 7.67. The van der Waals surface area contributed by atoms with Gasteiger partial charge in [0.1, 0.15) is 24.0 Å². The minimum Gasteiger partial charge on any atom is -0.486 e. The van der Waals surface area contributed by atoms with Gasteiger partial charge in [0, 0.05) is 5.02 Å². The monoisotopic (exact) mass is 327 g/mol. The average molecular weight is 328 g/mol. The number of nitrogens with two attached hydrogens (primary N) is 1. The number of hydrogen-bond acceptors (Lipinski definition) is 4. The van der Waals surface area contributed by atoms with E-state index < -0.39 is 12.0 Å². The zero-order valence-corrected chi connectivity index (χ0v) is 14.5. The van der Waals surface area contributed by atoms with Crippen molar-refractivity contribution in [2.75, 3.05) is 0 Å². The molecule has 0 amide bonds. The Morgan fingerprint density at radius 2 is 1.73 bits per heavy atom. The van der Waals surface area contributed by atoms with Crippen LogP contribution in [0.4, 0.5) is 0 Å². The summed E-state index contributed by atoms with van der Waals surface area (Å²) in [5.74, 6) is 0.583. The van der Waals surface area contributed by atoms with E-state index in [0.717, 1.165) is 12.8 Å². The number of benzene rings is 1. The highest BCUT2D eigenvalue weighted by atomic mass is 35.5. The largest absolute Gasteiger partial charge is 0.486 e. The minimum absolute atomic E-state index is 0.223. The fraction of sp³-hybridized carbons (Fsp3) is 0.588.